The minimum atomic E-state index is -0.875. The lowest BCUT2D eigenvalue weighted by Crippen LogP contribution is -2.33. The summed E-state index contributed by atoms with van der Waals surface area (Å²) in [6, 6.07) is 19.8. The lowest BCUT2D eigenvalue weighted by molar-refractivity contribution is -0.122. The predicted octanol–water partition coefficient (Wildman–Crippen LogP) is 4.71. The number of benzene rings is 3. The van der Waals surface area contributed by atoms with Crippen LogP contribution in [0.3, 0.4) is 0 Å². The van der Waals surface area contributed by atoms with E-state index in [-0.39, 0.29) is 12.3 Å². The number of halogens is 1. The largest absolute Gasteiger partial charge is 0.508 e. The Kier molecular flexibility index (Phi) is 7.10. The Hall–Kier alpha value is -4.06. The number of para-hydroxylation sites is 1. The van der Waals surface area contributed by atoms with E-state index >= 15 is 0 Å². The first kappa shape index (κ1) is 27.1. The van der Waals surface area contributed by atoms with Gasteiger partial charge in [0.1, 0.15) is 23.3 Å². The van der Waals surface area contributed by atoms with Gasteiger partial charge in [0.2, 0.25) is 17.7 Å². The molecule has 1 fully saturated rings. The molecule has 3 amide bonds. The SMILES string of the molecule is COc1ccc(NC(=O)Cn2c3c(sc2=O)C(c2ccccc2O)C2C(=O)N(c4ccc(Cl)cc4)C(=O)C2S3)cc1. The van der Waals surface area contributed by atoms with E-state index in [1.165, 1.54) is 10.6 Å². The number of carbonyl (C=O) groups is 3. The highest BCUT2D eigenvalue weighted by molar-refractivity contribution is 8.00. The van der Waals surface area contributed by atoms with Gasteiger partial charge in [0, 0.05) is 27.1 Å². The quantitative estimate of drug-likeness (QED) is 0.305. The Morgan fingerprint density at radius 2 is 1.71 bits per heavy atom. The number of carbonyl (C=O) groups excluding carboxylic acids is 3. The van der Waals surface area contributed by atoms with Crippen molar-refractivity contribution in [1.82, 2.24) is 4.57 Å². The molecule has 3 heterocycles. The van der Waals surface area contributed by atoms with E-state index in [4.69, 9.17) is 16.3 Å². The normalized spacial score (nSPS) is 19.6. The molecule has 12 heteroatoms. The number of fused-ring (bicyclic) bond motifs is 2. The number of nitrogens with zero attached hydrogens (tertiary/aromatic N) is 2. The number of amides is 3. The third-order valence-electron chi connectivity index (χ3n) is 7.08. The Balaban J connectivity index is 1.39. The number of nitrogens with one attached hydrogen (secondary N) is 1. The number of phenols is 1. The summed E-state index contributed by atoms with van der Waals surface area (Å²) in [7, 11) is 1.54. The molecule has 0 spiro atoms. The number of rotatable bonds is 6. The third kappa shape index (κ3) is 4.79. The van der Waals surface area contributed by atoms with Crippen LogP contribution >= 0.6 is 34.7 Å². The number of hydrogen-bond donors (Lipinski definition) is 2. The van der Waals surface area contributed by atoms with Gasteiger partial charge in [-0.05, 0) is 54.6 Å². The Bertz CT molecular complexity index is 1730. The first-order chi connectivity index (χ1) is 19.8. The molecule has 0 saturated carbocycles. The highest BCUT2D eigenvalue weighted by atomic mass is 35.5. The van der Waals surface area contributed by atoms with Gasteiger partial charge in [0.15, 0.2) is 0 Å². The number of methoxy groups -OCH3 is 1. The van der Waals surface area contributed by atoms with Crippen molar-refractivity contribution in [2.75, 3.05) is 17.3 Å². The van der Waals surface area contributed by atoms with Crippen LogP contribution < -0.4 is 19.8 Å². The summed E-state index contributed by atoms with van der Waals surface area (Å²) < 4.78 is 6.47. The fourth-order valence-corrected chi connectivity index (χ4v) is 8.09. The van der Waals surface area contributed by atoms with Crippen molar-refractivity contribution in [3.05, 3.63) is 97.9 Å². The maximum absolute atomic E-state index is 13.9. The van der Waals surface area contributed by atoms with Crippen LogP contribution in [-0.2, 0) is 20.9 Å². The summed E-state index contributed by atoms with van der Waals surface area (Å²) in [4.78, 5) is 55.2. The van der Waals surface area contributed by atoms with E-state index in [0.29, 0.717) is 37.6 Å². The summed E-state index contributed by atoms with van der Waals surface area (Å²) in [5.41, 5.74) is 1.34. The summed E-state index contributed by atoms with van der Waals surface area (Å²) in [5.74, 6) is -2.36. The highest BCUT2D eigenvalue weighted by Crippen LogP contribution is 2.55. The van der Waals surface area contributed by atoms with E-state index in [2.05, 4.69) is 5.32 Å². The minimum absolute atomic E-state index is 0.0519. The predicted molar refractivity (Wildman–Crippen MR) is 157 cm³/mol. The first-order valence-corrected chi connectivity index (χ1v) is 14.6. The van der Waals surface area contributed by atoms with Gasteiger partial charge in [-0.3, -0.25) is 23.7 Å². The molecule has 6 rings (SSSR count). The molecule has 2 N–H and O–H groups in total. The maximum atomic E-state index is 13.9. The molecule has 4 aromatic rings. The lowest BCUT2D eigenvalue weighted by atomic mass is 9.82. The van der Waals surface area contributed by atoms with Crippen molar-refractivity contribution >= 4 is 63.8 Å². The Morgan fingerprint density at radius 3 is 2.39 bits per heavy atom. The van der Waals surface area contributed by atoms with Gasteiger partial charge in [-0.25, -0.2) is 4.90 Å². The van der Waals surface area contributed by atoms with Gasteiger partial charge in [0.25, 0.3) is 0 Å². The summed E-state index contributed by atoms with van der Waals surface area (Å²) >= 11 is 8.04. The number of thiazole rings is 1. The smallest absolute Gasteiger partial charge is 0.308 e. The number of aromatic nitrogens is 1. The van der Waals surface area contributed by atoms with Crippen LogP contribution in [0.2, 0.25) is 5.02 Å². The van der Waals surface area contributed by atoms with Crippen LogP contribution in [-0.4, -0.2) is 39.8 Å². The number of ether oxygens (including phenoxy) is 1. The molecular weight excluding hydrogens is 586 g/mol. The Morgan fingerprint density at radius 1 is 1.00 bits per heavy atom. The number of hydrogen-bond acceptors (Lipinski definition) is 8. The molecule has 9 nitrogen and oxygen atoms in total. The zero-order valence-corrected chi connectivity index (χ0v) is 23.8. The van der Waals surface area contributed by atoms with Crippen LogP contribution in [0.25, 0.3) is 0 Å². The summed E-state index contributed by atoms with van der Waals surface area (Å²) in [5, 5.41) is 13.6. The van der Waals surface area contributed by atoms with E-state index in [9.17, 15) is 24.3 Å². The second-order valence-electron chi connectivity index (χ2n) is 9.49. The summed E-state index contributed by atoms with van der Waals surface area (Å²) in [6.45, 7) is -0.294. The molecule has 2 aliphatic rings. The van der Waals surface area contributed by atoms with Crippen molar-refractivity contribution < 1.29 is 24.2 Å². The average molecular weight is 608 g/mol. The third-order valence-corrected chi connectivity index (χ3v) is 9.94. The van der Waals surface area contributed by atoms with E-state index in [0.717, 1.165) is 28.0 Å². The van der Waals surface area contributed by atoms with Crippen LogP contribution in [0.5, 0.6) is 11.5 Å². The molecule has 0 bridgehead atoms. The zero-order valence-electron chi connectivity index (χ0n) is 21.4. The number of phenolic OH excluding ortho intramolecular Hbond substituents is 1. The molecule has 3 unspecified atom stereocenters. The number of anilines is 2. The van der Waals surface area contributed by atoms with Crippen molar-refractivity contribution in [2.45, 2.75) is 22.7 Å². The molecule has 1 saturated heterocycles. The fourth-order valence-electron chi connectivity index (χ4n) is 5.20. The minimum Gasteiger partial charge on any atom is -0.508 e. The molecule has 0 radical (unpaired) electrons. The van der Waals surface area contributed by atoms with Crippen LogP contribution in [0.4, 0.5) is 11.4 Å². The Labute approximate surface area is 247 Å². The monoisotopic (exact) mass is 607 g/mol. The second-order valence-corrected chi connectivity index (χ2v) is 12.0. The van der Waals surface area contributed by atoms with Crippen molar-refractivity contribution in [1.29, 1.82) is 0 Å². The van der Waals surface area contributed by atoms with Crippen LogP contribution in [0.15, 0.2) is 82.6 Å². The van der Waals surface area contributed by atoms with Crippen molar-refractivity contribution in [3.63, 3.8) is 0 Å². The van der Waals surface area contributed by atoms with E-state index in [1.54, 1.807) is 73.8 Å². The number of thioether (sulfide) groups is 1. The summed E-state index contributed by atoms with van der Waals surface area (Å²) in [6.07, 6.45) is 0. The topological polar surface area (TPSA) is 118 Å². The van der Waals surface area contributed by atoms with Gasteiger partial charge in [-0.2, -0.15) is 0 Å². The molecule has 3 atom stereocenters. The van der Waals surface area contributed by atoms with Gasteiger partial charge >= 0.3 is 4.87 Å². The van der Waals surface area contributed by atoms with Gasteiger partial charge < -0.3 is 15.2 Å². The maximum Gasteiger partial charge on any atom is 0.308 e. The molecule has 3 aromatic carbocycles. The molecule has 0 aliphatic carbocycles. The fraction of sp³-hybridized carbons (Fsp3) is 0.172. The number of imide groups is 1. The van der Waals surface area contributed by atoms with Crippen molar-refractivity contribution in [2.24, 2.45) is 5.92 Å². The van der Waals surface area contributed by atoms with Gasteiger partial charge in [-0.15, -0.1) is 0 Å². The lowest BCUT2D eigenvalue weighted by Gasteiger charge is -2.31. The zero-order chi connectivity index (χ0) is 28.8. The van der Waals surface area contributed by atoms with Gasteiger partial charge in [0.05, 0.1) is 23.7 Å². The van der Waals surface area contributed by atoms with E-state index in [1.807, 2.05) is 0 Å². The average Bonchev–Trinajstić information content (AvgIpc) is 3.40. The molecule has 208 valence electrons. The first-order valence-electron chi connectivity index (χ1n) is 12.5. The molecule has 1 aromatic heterocycles. The van der Waals surface area contributed by atoms with Gasteiger partial charge in [-0.1, -0.05) is 52.9 Å². The standard InChI is InChI=1S/C29H22ClN3O6S2/c1-39-18-12-8-16(9-13-18)31-21(35)14-32-28-25(41-29(32)38)22(19-4-2-3-5-20(19)34)23-24(40-28)27(37)33(26(23)36)17-10-6-15(30)7-11-17/h2-13,22-24,34H,14H2,1H3,(H,31,35). The van der Waals surface area contributed by atoms with Crippen LogP contribution in [0.1, 0.15) is 16.4 Å². The van der Waals surface area contributed by atoms with Crippen molar-refractivity contribution in [3.8, 4) is 11.5 Å². The molecule has 41 heavy (non-hydrogen) atoms. The highest BCUT2D eigenvalue weighted by Gasteiger charge is 2.57. The second kappa shape index (κ2) is 10.7. The van der Waals surface area contributed by atoms with E-state index < -0.39 is 39.7 Å². The number of aromatic hydroxyl groups is 1. The molecule has 2 aliphatic heterocycles. The molecular formula is C29H22ClN3O6S2. The van der Waals surface area contributed by atoms with Crippen LogP contribution in [0, 0.1) is 5.92 Å².